The number of aromatic nitrogens is 2. The molecule has 2 aromatic heterocycles. The van der Waals surface area contributed by atoms with Gasteiger partial charge in [-0.05, 0) is 30.2 Å². The molecule has 0 radical (unpaired) electrons. The second-order valence-corrected chi connectivity index (χ2v) is 6.21. The molecule has 1 fully saturated rings. The summed E-state index contributed by atoms with van der Waals surface area (Å²) in [5.74, 6) is 0.657. The number of nitrogens with zero attached hydrogens (tertiary/aromatic N) is 3. The molecule has 1 aliphatic rings. The molecule has 112 valence electrons. The smallest absolute Gasteiger partial charge is 0.317 e. The highest BCUT2D eigenvalue weighted by atomic mass is 32.1. The number of thiophene rings is 1. The van der Waals surface area contributed by atoms with Crippen molar-refractivity contribution in [3.05, 3.63) is 17.8 Å². The molecule has 0 saturated carbocycles. The molecule has 7 heteroatoms. The first-order valence-electron chi connectivity index (χ1n) is 7.09. The molecule has 0 bridgehead atoms. The second kappa shape index (κ2) is 6.36. The van der Waals surface area contributed by atoms with Crippen molar-refractivity contribution in [2.45, 2.75) is 12.8 Å². The van der Waals surface area contributed by atoms with E-state index in [0.717, 1.165) is 48.5 Å². The van der Waals surface area contributed by atoms with E-state index in [1.54, 1.807) is 17.7 Å². The van der Waals surface area contributed by atoms with Crippen LogP contribution in [0.25, 0.3) is 10.2 Å². The van der Waals surface area contributed by atoms with Crippen LogP contribution in [-0.4, -0.2) is 47.2 Å². The van der Waals surface area contributed by atoms with Crippen LogP contribution in [0.3, 0.4) is 0 Å². The normalized spacial score (nSPS) is 19.0. The molecule has 0 aliphatic carbocycles. The standard InChI is InChI=1S/C14H18N4O2S/c19-12(20)7-15-6-10-2-1-4-18(8-10)13-11-3-5-21-14(11)17-9-16-13/h3,5,9-10,15H,1-2,4,6-8H2,(H,19,20). The summed E-state index contributed by atoms with van der Waals surface area (Å²) in [5.41, 5.74) is 0. The Kier molecular flexibility index (Phi) is 4.31. The Morgan fingerprint density at radius 1 is 1.52 bits per heavy atom. The Morgan fingerprint density at radius 2 is 2.43 bits per heavy atom. The Balaban J connectivity index is 1.68. The molecule has 0 spiro atoms. The third-order valence-electron chi connectivity index (χ3n) is 3.77. The second-order valence-electron chi connectivity index (χ2n) is 5.32. The number of carbonyl (C=O) groups is 1. The zero-order chi connectivity index (χ0) is 14.7. The zero-order valence-electron chi connectivity index (χ0n) is 11.7. The summed E-state index contributed by atoms with van der Waals surface area (Å²) in [4.78, 5) is 22.6. The van der Waals surface area contributed by atoms with Gasteiger partial charge in [0, 0.05) is 19.6 Å². The summed E-state index contributed by atoms with van der Waals surface area (Å²) in [7, 11) is 0. The van der Waals surface area contributed by atoms with Crippen molar-refractivity contribution in [1.82, 2.24) is 15.3 Å². The van der Waals surface area contributed by atoms with Crippen molar-refractivity contribution < 1.29 is 9.90 Å². The number of hydrogen-bond acceptors (Lipinski definition) is 6. The SMILES string of the molecule is O=C(O)CNCC1CCCN(c2ncnc3sccc23)C1. The van der Waals surface area contributed by atoms with Gasteiger partial charge in [-0.1, -0.05) is 0 Å². The van der Waals surface area contributed by atoms with Crippen LogP contribution in [0.5, 0.6) is 0 Å². The van der Waals surface area contributed by atoms with Crippen LogP contribution in [0.1, 0.15) is 12.8 Å². The lowest BCUT2D eigenvalue weighted by atomic mass is 9.98. The van der Waals surface area contributed by atoms with E-state index in [-0.39, 0.29) is 6.54 Å². The molecule has 0 aromatic carbocycles. The molecule has 3 heterocycles. The number of hydrogen-bond donors (Lipinski definition) is 2. The lowest BCUT2D eigenvalue weighted by Gasteiger charge is -2.33. The minimum absolute atomic E-state index is 0.0266. The van der Waals surface area contributed by atoms with E-state index in [1.807, 2.05) is 5.38 Å². The third-order valence-corrected chi connectivity index (χ3v) is 4.59. The van der Waals surface area contributed by atoms with E-state index in [4.69, 9.17) is 5.11 Å². The first kappa shape index (κ1) is 14.2. The molecule has 1 unspecified atom stereocenters. The van der Waals surface area contributed by atoms with Crippen LogP contribution in [0.15, 0.2) is 17.8 Å². The number of piperidine rings is 1. The fourth-order valence-corrected chi connectivity index (χ4v) is 3.56. The van der Waals surface area contributed by atoms with Gasteiger partial charge in [-0.2, -0.15) is 0 Å². The average Bonchev–Trinajstić information content (AvgIpc) is 2.95. The quantitative estimate of drug-likeness (QED) is 0.873. The van der Waals surface area contributed by atoms with Gasteiger partial charge in [0.25, 0.3) is 0 Å². The van der Waals surface area contributed by atoms with Crippen LogP contribution in [-0.2, 0) is 4.79 Å². The molecule has 0 amide bonds. The summed E-state index contributed by atoms with van der Waals surface area (Å²) < 4.78 is 0. The number of nitrogens with one attached hydrogen (secondary N) is 1. The number of carboxylic acid groups (broad SMARTS) is 1. The molecule has 1 atom stereocenters. The average molecular weight is 306 g/mol. The highest BCUT2D eigenvalue weighted by Gasteiger charge is 2.22. The Hall–Kier alpha value is -1.73. The van der Waals surface area contributed by atoms with E-state index in [1.165, 1.54) is 0 Å². The van der Waals surface area contributed by atoms with Crippen molar-refractivity contribution >= 4 is 33.3 Å². The molecule has 3 rings (SSSR count). The summed E-state index contributed by atoms with van der Waals surface area (Å²) >= 11 is 1.63. The molecule has 6 nitrogen and oxygen atoms in total. The largest absolute Gasteiger partial charge is 0.480 e. The molecular formula is C14H18N4O2S. The summed E-state index contributed by atoms with van der Waals surface area (Å²) in [6.07, 6.45) is 3.86. The molecule has 1 aliphatic heterocycles. The first-order chi connectivity index (χ1) is 10.2. The van der Waals surface area contributed by atoms with E-state index < -0.39 is 5.97 Å². The minimum atomic E-state index is -0.807. The number of rotatable bonds is 5. The maximum atomic E-state index is 10.6. The molecule has 21 heavy (non-hydrogen) atoms. The number of anilines is 1. The van der Waals surface area contributed by atoms with Crippen molar-refractivity contribution in [3.63, 3.8) is 0 Å². The van der Waals surface area contributed by atoms with Gasteiger partial charge in [-0.3, -0.25) is 4.79 Å². The molecular weight excluding hydrogens is 288 g/mol. The predicted molar refractivity (Wildman–Crippen MR) is 82.9 cm³/mol. The van der Waals surface area contributed by atoms with Gasteiger partial charge in [0.15, 0.2) is 0 Å². The van der Waals surface area contributed by atoms with Gasteiger partial charge in [0.1, 0.15) is 17.0 Å². The van der Waals surface area contributed by atoms with Gasteiger partial charge in [-0.25, -0.2) is 9.97 Å². The maximum absolute atomic E-state index is 10.6. The van der Waals surface area contributed by atoms with Crippen molar-refractivity contribution in [2.24, 2.45) is 5.92 Å². The molecule has 2 N–H and O–H groups in total. The van der Waals surface area contributed by atoms with Gasteiger partial charge in [0.2, 0.25) is 0 Å². The number of carboxylic acids is 1. The highest BCUT2D eigenvalue weighted by Crippen LogP contribution is 2.29. The van der Waals surface area contributed by atoms with Crippen molar-refractivity contribution in [2.75, 3.05) is 31.1 Å². The van der Waals surface area contributed by atoms with Gasteiger partial charge >= 0.3 is 5.97 Å². The van der Waals surface area contributed by atoms with Crippen molar-refractivity contribution in [1.29, 1.82) is 0 Å². The molecule has 1 saturated heterocycles. The Labute approximate surface area is 126 Å². The molecule has 2 aromatic rings. The van der Waals surface area contributed by atoms with Crippen LogP contribution in [0.2, 0.25) is 0 Å². The summed E-state index contributed by atoms with van der Waals surface area (Å²) in [6.45, 7) is 2.67. The summed E-state index contributed by atoms with van der Waals surface area (Å²) in [5, 5.41) is 14.8. The monoisotopic (exact) mass is 306 g/mol. The first-order valence-corrected chi connectivity index (χ1v) is 7.97. The topological polar surface area (TPSA) is 78.4 Å². The van der Waals surface area contributed by atoms with Crippen molar-refractivity contribution in [3.8, 4) is 0 Å². The van der Waals surface area contributed by atoms with Crippen LogP contribution in [0, 0.1) is 5.92 Å². The summed E-state index contributed by atoms with van der Waals surface area (Å²) in [6, 6.07) is 2.07. The van der Waals surface area contributed by atoms with E-state index in [2.05, 4.69) is 26.3 Å². The van der Waals surface area contributed by atoms with E-state index in [0.29, 0.717) is 5.92 Å². The number of aliphatic carboxylic acids is 1. The van der Waals surface area contributed by atoms with Gasteiger partial charge in [-0.15, -0.1) is 11.3 Å². The number of fused-ring (bicyclic) bond motifs is 1. The van der Waals surface area contributed by atoms with Crippen LogP contribution in [0.4, 0.5) is 5.82 Å². The van der Waals surface area contributed by atoms with Gasteiger partial charge < -0.3 is 15.3 Å². The Bertz CT molecular complexity index is 630. The highest BCUT2D eigenvalue weighted by molar-refractivity contribution is 7.16. The Morgan fingerprint density at radius 3 is 3.29 bits per heavy atom. The lowest BCUT2D eigenvalue weighted by molar-refractivity contribution is -0.136. The fourth-order valence-electron chi connectivity index (χ4n) is 2.84. The third kappa shape index (κ3) is 3.30. The maximum Gasteiger partial charge on any atom is 0.317 e. The lowest BCUT2D eigenvalue weighted by Crippen LogP contribution is -2.41. The fraction of sp³-hybridized carbons (Fsp3) is 0.500. The van der Waals surface area contributed by atoms with Gasteiger partial charge in [0.05, 0.1) is 11.9 Å². The zero-order valence-corrected chi connectivity index (χ0v) is 12.5. The van der Waals surface area contributed by atoms with E-state index in [9.17, 15) is 4.79 Å². The minimum Gasteiger partial charge on any atom is -0.480 e. The van der Waals surface area contributed by atoms with Crippen LogP contribution < -0.4 is 10.2 Å². The van der Waals surface area contributed by atoms with Crippen LogP contribution >= 0.6 is 11.3 Å². The van der Waals surface area contributed by atoms with E-state index >= 15 is 0 Å². The predicted octanol–water partition coefficient (Wildman–Crippen LogP) is 1.58.